The summed E-state index contributed by atoms with van der Waals surface area (Å²) >= 11 is 0. The number of hydrogen-bond donors (Lipinski definition) is 2. The number of fused-ring (bicyclic) bond motifs is 1. The molecule has 0 spiro atoms. The van der Waals surface area contributed by atoms with Crippen molar-refractivity contribution in [2.45, 2.75) is 25.9 Å². The summed E-state index contributed by atoms with van der Waals surface area (Å²) in [7, 11) is 0. The van der Waals surface area contributed by atoms with Crippen LogP contribution in [0.5, 0.6) is 0 Å². The molecule has 2 heteroatoms. The highest BCUT2D eigenvalue weighted by Gasteiger charge is 2.11. The van der Waals surface area contributed by atoms with Gasteiger partial charge in [-0.05, 0) is 29.5 Å². The minimum absolute atomic E-state index is 0.921. The topological polar surface area (TPSA) is 24.1 Å². The molecule has 0 aliphatic carbocycles. The number of aryl methyl sites for hydroxylation is 1. The van der Waals surface area contributed by atoms with Gasteiger partial charge in [-0.2, -0.15) is 0 Å². The molecule has 0 bridgehead atoms. The van der Waals surface area contributed by atoms with E-state index in [1.54, 1.807) is 0 Å². The van der Waals surface area contributed by atoms with Crippen LogP contribution in [0, 0.1) is 0 Å². The van der Waals surface area contributed by atoms with Gasteiger partial charge in [-0.1, -0.05) is 48.5 Å². The summed E-state index contributed by atoms with van der Waals surface area (Å²) < 4.78 is 0. The van der Waals surface area contributed by atoms with Gasteiger partial charge in [-0.25, -0.2) is 0 Å². The zero-order valence-corrected chi connectivity index (χ0v) is 11.2. The molecular weight excluding hydrogens is 232 g/mol. The summed E-state index contributed by atoms with van der Waals surface area (Å²) in [6, 6.07) is 17.2. The van der Waals surface area contributed by atoms with Crippen LogP contribution >= 0.6 is 0 Å². The lowest BCUT2D eigenvalue weighted by atomic mass is 9.99. The number of anilines is 1. The fraction of sp³-hybridized carbons (Fsp3) is 0.294. The van der Waals surface area contributed by atoms with E-state index in [2.05, 4.69) is 59.2 Å². The molecule has 0 fully saturated rings. The van der Waals surface area contributed by atoms with Gasteiger partial charge in [0, 0.05) is 25.3 Å². The second kappa shape index (κ2) is 5.89. The fourth-order valence-corrected chi connectivity index (χ4v) is 2.67. The lowest BCUT2D eigenvalue weighted by Gasteiger charge is -2.21. The van der Waals surface area contributed by atoms with Crippen LogP contribution in [0.4, 0.5) is 5.69 Å². The molecule has 0 saturated carbocycles. The van der Waals surface area contributed by atoms with Gasteiger partial charge in [0.2, 0.25) is 0 Å². The molecule has 0 amide bonds. The van der Waals surface area contributed by atoms with Crippen LogP contribution in [0.2, 0.25) is 0 Å². The Morgan fingerprint density at radius 2 is 1.84 bits per heavy atom. The molecule has 2 nitrogen and oxygen atoms in total. The Morgan fingerprint density at radius 1 is 0.947 bits per heavy atom. The SMILES string of the molecule is c1ccc(CNCc2cccc3c2NCCC3)cc1. The van der Waals surface area contributed by atoms with Gasteiger partial charge in [-0.15, -0.1) is 0 Å². The molecule has 0 aromatic heterocycles. The third-order valence-corrected chi connectivity index (χ3v) is 3.65. The minimum atomic E-state index is 0.921. The van der Waals surface area contributed by atoms with E-state index in [4.69, 9.17) is 0 Å². The summed E-state index contributed by atoms with van der Waals surface area (Å²) in [4.78, 5) is 0. The molecule has 0 radical (unpaired) electrons. The van der Waals surface area contributed by atoms with E-state index in [9.17, 15) is 0 Å². The van der Waals surface area contributed by atoms with Crippen LogP contribution in [0.1, 0.15) is 23.1 Å². The zero-order valence-electron chi connectivity index (χ0n) is 11.2. The average molecular weight is 252 g/mol. The largest absolute Gasteiger partial charge is 0.385 e. The lowest BCUT2D eigenvalue weighted by Crippen LogP contribution is -2.18. The Balaban J connectivity index is 1.64. The fourth-order valence-electron chi connectivity index (χ4n) is 2.67. The van der Waals surface area contributed by atoms with Crippen molar-refractivity contribution >= 4 is 5.69 Å². The van der Waals surface area contributed by atoms with Gasteiger partial charge in [0.25, 0.3) is 0 Å². The van der Waals surface area contributed by atoms with E-state index in [1.807, 2.05) is 0 Å². The maximum atomic E-state index is 3.54. The lowest BCUT2D eigenvalue weighted by molar-refractivity contribution is 0.690. The number of nitrogens with one attached hydrogen (secondary N) is 2. The predicted octanol–water partition coefficient (Wildman–Crippen LogP) is 3.33. The number of rotatable bonds is 4. The Labute approximate surface area is 114 Å². The van der Waals surface area contributed by atoms with Gasteiger partial charge in [-0.3, -0.25) is 0 Å². The normalized spacial score (nSPS) is 13.7. The molecule has 1 aliphatic rings. The molecule has 1 heterocycles. The summed E-state index contributed by atoms with van der Waals surface area (Å²) in [5, 5.41) is 7.07. The van der Waals surface area contributed by atoms with E-state index in [0.29, 0.717) is 0 Å². The van der Waals surface area contributed by atoms with Gasteiger partial charge in [0.05, 0.1) is 0 Å². The first kappa shape index (κ1) is 12.2. The third-order valence-electron chi connectivity index (χ3n) is 3.65. The van der Waals surface area contributed by atoms with Gasteiger partial charge in [0.1, 0.15) is 0 Å². The van der Waals surface area contributed by atoms with Crippen molar-refractivity contribution in [3.63, 3.8) is 0 Å². The second-order valence-electron chi connectivity index (χ2n) is 5.07. The molecule has 2 aromatic carbocycles. The standard InChI is InChI=1S/C17H20N2/c1-2-6-14(7-3-1)12-18-13-16-9-4-8-15-10-5-11-19-17(15)16/h1-4,6-9,18-19H,5,10-13H2. The Kier molecular flexibility index (Phi) is 3.80. The van der Waals surface area contributed by atoms with Crippen LogP contribution in [0.25, 0.3) is 0 Å². The monoisotopic (exact) mass is 252 g/mol. The Hall–Kier alpha value is -1.80. The quantitative estimate of drug-likeness (QED) is 0.872. The third kappa shape index (κ3) is 2.96. The molecule has 1 aliphatic heterocycles. The summed E-state index contributed by atoms with van der Waals surface area (Å²) in [5.74, 6) is 0. The highest BCUT2D eigenvalue weighted by Crippen LogP contribution is 2.25. The maximum absolute atomic E-state index is 3.54. The van der Waals surface area contributed by atoms with E-state index in [1.165, 1.54) is 35.2 Å². The summed E-state index contributed by atoms with van der Waals surface area (Å²) in [6.07, 6.45) is 2.45. The molecule has 0 unspecified atom stereocenters. The molecule has 19 heavy (non-hydrogen) atoms. The van der Waals surface area contributed by atoms with Gasteiger partial charge < -0.3 is 10.6 Å². The van der Waals surface area contributed by atoms with Crippen molar-refractivity contribution in [3.05, 3.63) is 65.2 Å². The smallest absolute Gasteiger partial charge is 0.0418 e. The highest BCUT2D eigenvalue weighted by molar-refractivity contribution is 5.59. The van der Waals surface area contributed by atoms with Crippen LogP contribution < -0.4 is 10.6 Å². The van der Waals surface area contributed by atoms with Crippen LogP contribution in [-0.2, 0) is 19.5 Å². The highest BCUT2D eigenvalue weighted by atomic mass is 14.9. The molecule has 98 valence electrons. The summed E-state index contributed by atoms with van der Waals surface area (Å²) in [5.41, 5.74) is 5.54. The zero-order chi connectivity index (χ0) is 12.9. The maximum Gasteiger partial charge on any atom is 0.0418 e. The first-order valence-corrected chi connectivity index (χ1v) is 7.03. The van der Waals surface area contributed by atoms with Crippen molar-refractivity contribution in [1.82, 2.24) is 5.32 Å². The molecule has 0 saturated heterocycles. The number of hydrogen-bond acceptors (Lipinski definition) is 2. The number of benzene rings is 2. The van der Waals surface area contributed by atoms with E-state index in [-0.39, 0.29) is 0 Å². The van der Waals surface area contributed by atoms with E-state index < -0.39 is 0 Å². The Bertz CT molecular complexity index is 534. The van der Waals surface area contributed by atoms with Gasteiger partial charge >= 0.3 is 0 Å². The predicted molar refractivity (Wildman–Crippen MR) is 80.2 cm³/mol. The average Bonchev–Trinajstić information content (AvgIpc) is 2.49. The molecule has 2 aromatic rings. The second-order valence-corrected chi connectivity index (χ2v) is 5.07. The van der Waals surface area contributed by atoms with Crippen LogP contribution in [0.3, 0.4) is 0 Å². The molecule has 2 N–H and O–H groups in total. The van der Waals surface area contributed by atoms with E-state index in [0.717, 1.165) is 19.6 Å². The minimum Gasteiger partial charge on any atom is -0.385 e. The van der Waals surface area contributed by atoms with Crippen molar-refractivity contribution in [2.75, 3.05) is 11.9 Å². The Morgan fingerprint density at radius 3 is 2.74 bits per heavy atom. The van der Waals surface area contributed by atoms with E-state index >= 15 is 0 Å². The first-order valence-electron chi connectivity index (χ1n) is 7.03. The molecular formula is C17H20N2. The van der Waals surface area contributed by atoms with Gasteiger partial charge in [0.15, 0.2) is 0 Å². The molecule has 3 rings (SSSR count). The van der Waals surface area contributed by atoms with Crippen molar-refractivity contribution in [2.24, 2.45) is 0 Å². The van der Waals surface area contributed by atoms with Crippen molar-refractivity contribution in [1.29, 1.82) is 0 Å². The van der Waals surface area contributed by atoms with Crippen LogP contribution in [-0.4, -0.2) is 6.54 Å². The number of para-hydroxylation sites is 1. The first-order chi connectivity index (χ1) is 9.43. The van der Waals surface area contributed by atoms with Crippen molar-refractivity contribution in [3.8, 4) is 0 Å². The van der Waals surface area contributed by atoms with Crippen molar-refractivity contribution < 1.29 is 0 Å². The molecule has 0 atom stereocenters. The van der Waals surface area contributed by atoms with Crippen LogP contribution in [0.15, 0.2) is 48.5 Å². The summed E-state index contributed by atoms with van der Waals surface area (Å²) in [6.45, 7) is 2.94.